The summed E-state index contributed by atoms with van der Waals surface area (Å²) in [6.07, 6.45) is 5.88. The van der Waals surface area contributed by atoms with Crippen molar-refractivity contribution in [2.24, 2.45) is 5.41 Å². The highest BCUT2D eigenvalue weighted by Crippen LogP contribution is 2.43. The Bertz CT molecular complexity index is 109. The van der Waals surface area contributed by atoms with Crippen LogP contribution in [0.15, 0.2) is 0 Å². The van der Waals surface area contributed by atoms with Crippen LogP contribution < -0.4 is 0 Å². The SMILES string of the molecule is CCC1(COC(C)C)CCC1. The quantitative estimate of drug-likeness (QED) is 0.608. The van der Waals surface area contributed by atoms with E-state index in [0.29, 0.717) is 11.5 Å². The molecule has 0 atom stereocenters. The molecule has 0 aliphatic heterocycles. The molecule has 0 N–H and O–H groups in total. The summed E-state index contributed by atoms with van der Waals surface area (Å²) >= 11 is 0. The normalized spacial score (nSPS) is 21.8. The second kappa shape index (κ2) is 3.57. The second-order valence-corrected chi connectivity index (χ2v) is 4.07. The Kier molecular flexibility index (Phi) is 2.94. The first-order valence-electron chi connectivity index (χ1n) is 4.80. The number of hydrogen-bond donors (Lipinski definition) is 0. The molecule has 1 saturated carbocycles. The van der Waals surface area contributed by atoms with Crippen molar-refractivity contribution in [1.29, 1.82) is 0 Å². The van der Waals surface area contributed by atoms with Crippen molar-refractivity contribution in [2.45, 2.75) is 52.6 Å². The van der Waals surface area contributed by atoms with E-state index in [0.717, 1.165) is 6.61 Å². The fourth-order valence-corrected chi connectivity index (χ4v) is 1.62. The molecule has 66 valence electrons. The standard InChI is InChI=1S/C10H20O/c1-4-10(6-5-7-10)8-11-9(2)3/h9H,4-8H2,1-3H3. The molecule has 0 radical (unpaired) electrons. The van der Waals surface area contributed by atoms with Crippen molar-refractivity contribution in [3.63, 3.8) is 0 Å². The molecule has 1 aliphatic carbocycles. The first-order chi connectivity index (χ1) is 5.18. The minimum absolute atomic E-state index is 0.402. The van der Waals surface area contributed by atoms with Crippen LogP contribution in [-0.2, 0) is 4.74 Å². The lowest BCUT2D eigenvalue weighted by atomic mass is 9.68. The molecular formula is C10H20O. The zero-order valence-corrected chi connectivity index (χ0v) is 8.02. The molecule has 0 heterocycles. The van der Waals surface area contributed by atoms with Gasteiger partial charge in [-0.1, -0.05) is 13.3 Å². The monoisotopic (exact) mass is 156 g/mol. The summed E-state index contributed by atoms with van der Waals surface area (Å²) in [5.41, 5.74) is 0.574. The summed E-state index contributed by atoms with van der Waals surface area (Å²) < 4.78 is 5.64. The summed E-state index contributed by atoms with van der Waals surface area (Å²) in [7, 11) is 0. The molecule has 0 aromatic rings. The molecule has 1 rings (SSSR count). The predicted molar refractivity (Wildman–Crippen MR) is 47.7 cm³/mol. The third-order valence-corrected chi connectivity index (χ3v) is 2.89. The van der Waals surface area contributed by atoms with Crippen LogP contribution in [0.25, 0.3) is 0 Å². The predicted octanol–water partition coefficient (Wildman–Crippen LogP) is 2.99. The summed E-state index contributed by atoms with van der Waals surface area (Å²) in [6.45, 7) is 7.49. The lowest BCUT2D eigenvalue weighted by Crippen LogP contribution is -2.34. The Labute approximate surface area is 70.1 Å². The maximum Gasteiger partial charge on any atom is 0.0525 e. The number of rotatable bonds is 4. The first-order valence-corrected chi connectivity index (χ1v) is 4.80. The minimum atomic E-state index is 0.402. The van der Waals surface area contributed by atoms with Gasteiger partial charge in [0.1, 0.15) is 0 Å². The van der Waals surface area contributed by atoms with E-state index < -0.39 is 0 Å². The fraction of sp³-hybridized carbons (Fsp3) is 1.00. The van der Waals surface area contributed by atoms with Gasteiger partial charge in [0, 0.05) is 0 Å². The third kappa shape index (κ3) is 2.19. The van der Waals surface area contributed by atoms with E-state index >= 15 is 0 Å². The highest BCUT2D eigenvalue weighted by atomic mass is 16.5. The topological polar surface area (TPSA) is 9.23 Å². The maximum absolute atomic E-state index is 5.64. The summed E-state index contributed by atoms with van der Waals surface area (Å²) in [5, 5.41) is 0. The summed E-state index contributed by atoms with van der Waals surface area (Å²) in [4.78, 5) is 0. The van der Waals surface area contributed by atoms with Gasteiger partial charge in [-0.2, -0.15) is 0 Å². The molecule has 0 amide bonds. The van der Waals surface area contributed by atoms with Crippen LogP contribution in [0.2, 0.25) is 0 Å². The summed E-state index contributed by atoms with van der Waals surface area (Å²) in [5.74, 6) is 0. The van der Waals surface area contributed by atoms with Gasteiger partial charge in [0.05, 0.1) is 12.7 Å². The molecule has 11 heavy (non-hydrogen) atoms. The van der Waals surface area contributed by atoms with Gasteiger partial charge in [-0.05, 0) is 38.5 Å². The molecule has 0 spiro atoms. The first kappa shape index (κ1) is 9.05. The lowest BCUT2D eigenvalue weighted by Gasteiger charge is -2.41. The highest BCUT2D eigenvalue weighted by Gasteiger charge is 2.35. The van der Waals surface area contributed by atoms with Crippen LogP contribution >= 0.6 is 0 Å². The molecule has 1 fully saturated rings. The molecule has 0 aromatic carbocycles. The largest absolute Gasteiger partial charge is 0.378 e. The fourth-order valence-electron chi connectivity index (χ4n) is 1.62. The Hall–Kier alpha value is -0.0400. The van der Waals surface area contributed by atoms with Crippen molar-refractivity contribution in [1.82, 2.24) is 0 Å². The molecule has 0 saturated heterocycles. The van der Waals surface area contributed by atoms with E-state index in [-0.39, 0.29) is 0 Å². The molecule has 1 nitrogen and oxygen atoms in total. The van der Waals surface area contributed by atoms with Crippen LogP contribution in [0.5, 0.6) is 0 Å². The van der Waals surface area contributed by atoms with Gasteiger partial charge in [-0.15, -0.1) is 0 Å². The van der Waals surface area contributed by atoms with Crippen LogP contribution in [0.4, 0.5) is 0 Å². The van der Waals surface area contributed by atoms with E-state index in [1.54, 1.807) is 0 Å². The lowest BCUT2D eigenvalue weighted by molar-refractivity contribution is -0.0344. The van der Waals surface area contributed by atoms with Gasteiger partial charge >= 0.3 is 0 Å². The van der Waals surface area contributed by atoms with Crippen LogP contribution in [-0.4, -0.2) is 12.7 Å². The molecule has 0 unspecified atom stereocenters. The van der Waals surface area contributed by atoms with Gasteiger partial charge in [0.15, 0.2) is 0 Å². The third-order valence-electron chi connectivity index (χ3n) is 2.89. The van der Waals surface area contributed by atoms with Gasteiger partial charge < -0.3 is 4.74 Å². The average molecular weight is 156 g/mol. The molecule has 1 aliphatic rings. The van der Waals surface area contributed by atoms with E-state index in [1.807, 2.05) is 0 Å². The van der Waals surface area contributed by atoms with Crippen LogP contribution in [0.1, 0.15) is 46.5 Å². The smallest absolute Gasteiger partial charge is 0.0525 e. The average Bonchev–Trinajstić information content (AvgIpc) is 1.86. The van der Waals surface area contributed by atoms with Crippen molar-refractivity contribution in [3.05, 3.63) is 0 Å². The van der Waals surface area contributed by atoms with Gasteiger partial charge in [0.25, 0.3) is 0 Å². The van der Waals surface area contributed by atoms with Gasteiger partial charge in [0.2, 0.25) is 0 Å². The van der Waals surface area contributed by atoms with E-state index in [4.69, 9.17) is 4.74 Å². The number of ether oxygens (including phenoxy) is 1. The summed E-state index contributed by atoms with van der Waals surface area (Å²) in [6, 6.07) is 0. The second-order valence-electron chi connectivity index (χ2n) is 4.07. The highest BCUT2D eigenvalue weighted by molar-refractivity contribution is 4.86. The van der Waals surface area contributed by atoms with Crippen molar-refractivity contribution in [2.75, 3.05) is 6.61 Å². The molecule has 0 bridgehead atoms. The number of hydrogen-bond acceptors (Lipinski definition) is 1. The molecule has 0 aromatic heterocycles. The molecule has 1 heteroatoms. The zero-order chi connectivity index (χ0) is 8.32. The maximum atomic E-state index is 5.64. The van der Waals surface area contributed by atoms with E-state index in [9.17, 15) is 0 Å². The van der Waals surface area contributed by atoms with Gasteiger partial charge in [-0.3, -0.25) is 0 Å². The Morgan fingerprint density at radius 3 is 2.27 bits per heavy atom. The van der Waals surface area contributed by atoms with Crippen LogP contribution in [0, 0.1) is 5.41 Å². The zero-order valence-electron chi connectivity index (χ0n) is 8.02. The molecular weight excluding hydrogens is 136 g/mol. The van der Waals surface area contributed by atoms with Crippen molar-refractivity contribution in [3.8, 4) is 0 Å². The Morgan fingerprint density at radius 2 is 2.00 bits per heavy atom. The Morgan fingerprint density at radius 1 is 1.36 bits per heavy atom. The van der Waals surface area contributed by atoms with E-state index in [1.165, 1.54) is 25.7 Å². The van der Waals surface area contributed by atoms with E-state index in [2.05, 4.69) is 20.8 Å². The van der Waals surface area contributed by atoms with Crippen LogP contribution in [0.3, 0.4) is 0 Å². The van der Waals surface area contributed by atoms with Gasteiger partial charge in [-0.25, -0.2) is 0 Å². The van der Waals surface area contributed by atoms with Crippen molar-refractivity contribution < 1.29 is 4.74 Å². The van der Waals surface area contributed by atoms with Crippen molar-refractivity contribution >= 4 is 0 Å². The minimum Gasteiger partial charge on any atom is -0.378 e. The Balaban J connectivity index is 2.22.